The number of hydrogen-bond donors (Lipinski definition) is 3. The Morgan fingerprint density at radius 1 is 1.16 bits per heavy atom. The van der Waals surface area contributed by atoms with Gasteiger partial charge in [0.1, 0.15) is 24.0 Å². The number of nitrogens with one attached hydrogen (secondary N) is 3. The Balaban J connectivity index is 1.50. The van der Waals surface area contributed by atoms with Gasteiger partial charge in [0, 0.05) is 43.8 Å². The van der Waals surface area contributed by atoms with E-state index in [9.17, 15) is 18.0 Å². The first-order chi connectivity index (χ1) is 17.7. The SMILES string of the molecule is CNc1cc(CNc2ncccc2C(=O)Nc2cc(OC[C@@H]3CCCN3C)cc(C(F)(F)F)c2)ccn1. The number of likely N-dealkylation sites (tertiary alicyclic amines) is 1. The molecule has 4 rings (SSSR count). The Bertz CT molecular complexity index is 1240. The van der Waals surface area contributed by atoms with Gasteiger partial charge in [-0.25, -0.2) is 9.97 Å². The molecule has 8 nitrogen and oxygen atoms in total. The van der Waals surface area contributed by atoms with Crippen molar-refractivity contribution >= 4 is 23.2 Å². The lowest BCUT2D eigenvalue weighted by Crippen LogP contribution is -2.30. The molecule has 0 radical (unpaired) electrons. The maximum atomic E-state index is 13.6. The van der Waals surface area contributed by atoms with Gasteiger partial charge >= 0.3 is 6.18 Å². The lowest BCUT2D eigenvalue weighted by molar-refractivity contribution is -0.137. The first-order valence-corrected chi connectivity index (χ1v) is 11.9. The quantitative estimate of drug-likeness (QED) is 0.375. The summed E-state index contributed by atoms with van der Waals surface area (Å²) in [5.74, 6) is 0.450. The summed E-state index contributed by atoms with van der Waals surface area (Å²) in [5.41, 5.74) is 0.182. The van der Waals surface area contributed by atoms with Crippen LogP contribution in [0.1, 0.15) is 34.3 Å². The van der Waals surface area contributed by atoms with Crippen LogP contribution in [0.25, 0.3) is 0 Å². The lowest BCUT2D eigenvalue weighted by atomic mass is 10.1. The molecule has 3 heterocycles. The van der Waals surface area contributed by atoms with Crippen molar-refractivity contribution in [3.63, 3.8) is 0 Å². The van der Waals surface area contributed by atoms with Crippen LogP contribution >= 0.6 is 0 Å². The Morgan fingerprint density at radius 3 is 2.73 bits per heavy atom. The number of aromatic nitrogens is 2. The molecule has 1 fully saturated rings. The van der Waals surface area contributed by atoms with Crippen molar-refractivity contribution in [1.29, 1.82) is 0 Å². The predicted molar refractivity (Wildman–Crippen MR) is 136 cm³/mol. The van der Waals surface area contributed by atoms with Gasteiger partial charge in [0.2, 0.25) is 0 Å². The standard InChI is InChI=1S/C26H29F3N6O2/c1-30-23-11-17(7-9-31-23)15-33-24-22(6-3-8-32-24)25(36)34-19-12-18(26(27,28)29)13-21(14-19)37-16-20-5-4-10-35(20)2/h3,6-9,11-14,20H,4-5,10,15-16H2,1-2H3,(H,30,31)(H,32,33)(H,34,36)/t20-/m0/s1. The van der Waals surface area contributed by atoms with Crippen molar-refractivity contribution in [2.45, 2.75) is 31.6 Å². The number of pyridine rings is 2. The van der Waals surface area contributed by atoms with Crippen molar-refractivity contribution in [2.24, 2.45) is 0 Å². The summed E-state index contributed by atoms with van der Waals surface area (Å²) >= 11 is 0. The molecule has 0 saturated carbocycles. The van der Waals surface area contributed by atoms with Crippen molar-refractivity contribution < 1.29 is 22.7 Å². The van der Waals surface area contributed by atoms with E-state index in [0.717, 1.165) is 37.1 Å². The molecule has 1 atom stereocenters. The van der Waals surface area contributed by atoms with Crippen LogP contribution in [0.5, 0.6) is 5.75 Å². The lowest BCUT2D eigenvalue weighted by Gasteiger charge is -2.20. The van der Waals surface area contributed by atoms with E-state index in [4.69, 9.17) is 4.74 Å². The minimum absolute atomic E-state index is 0.0165. The topological polar surface area (TPSA) is 91.4 Å². The monoisotopic (exact) mass is 514 g/mol. The molecule has 1 saturated heterocycles. The number of alkyl halides is 3. The third kappa shape index (κ3) is 6.88. The van der Waals surface area contributed by atoms with Gasteiger partial charge in [-0.2, -0.15) is 13.2 Å². The van der Waals surface area contributed by atoms with Gasteiger partial charge in [0.15, 0.2) is 0 Å². The van der Waals surface area contributed by atoms with Gasteiger partial charge in [-0.1, -0.05) is 0 Å². The molecule has 0 aliphatic carbocycles. The fourth-order valence-electron chi connectivity index (χ4n) is 4.14. The number of anilines is 3. The molecule has 37 heavy (non-hydrogen) atoms. The summed E-state index contributed by atoms with van der Waals surface area (Å²) in [6, 6.07) is 10.2. The second-order valence-corrected chi connectivity index (χ2v) is 8.84. The highest BCUT2D eigenvalue weighted by atomic mass is 19.4. The second-order valence-electron chi connectivity index (χ2n) is 8.84. The first kappa shape index (κ1) is 26.2. The largest absolute Gasteiger partial charge is 0.492 e. The van der Waals surface area contributed by atoms with Crippen LogP contribution in [0.15, 0.2) is 54.9 Å². The molecular formula is C26H29F3N6O2. The van der Waals surface area contributed by atoms with E-state index >= 15 is 0 Å². The van der Waals surface area contributed by atoms with E-state index < -0.39 is 17.6 Å². The first-order valence-electron chi connectivity index (χ1n) is 11.9. The van der Waals surface area contributed by atoms with E-state index in [0.29, 0.717) is 18.2 Å². The summed E-state index contributed by atoms with van der Waals surface area (Å²) in [5, 5.41) is 8.65. The molecule has 1 amide bonds. The zero-order valence-corrected chi connectivity index (χ0v) is 20.6. The molecule has 3 N–H and O–H groups in total. The molecular weight excluding hydrogens is 485 g/mol. The highest BCUT2D eigenvalue weighted by Crippen LogP contribution is 2.35. The van der Waals surface area contributed by atoms with Gasteiger partial charge in [-0.05, 0) is 68.4 Å². The molecule has 1 aliphatic rings. The zero-order chi connectivity index (χ0) is 26.4. The molecule has 196 valence electrons. The fourth-order valence-corrected chi connectivity index (χ4v) is 4.14. The molecule has 1 aromatic carbocycles. The molecule has 11 heteroatoms. The molecule has 1 aliphatic heterocycles. The Morgan fingerprint density at radius 2 is 2.00 bits per heavy atom. The molecule has 3 aromatic rings. The van der Waals surface area contributed by atoms with Crippen molar-refractivity contribution in [3.05, 3.63) is 71.5 Å². The zero-order valence-electron chi connectivity index (χ0n) is 20.6. The smallest absolute Gasteiger partial charge is 0.416 e. The molecule has 0 spiro atoms. The van der Waals surface area contributed by atoms with Crippen LogP contribution in [0.3, 0.4) is 0 Å². The van der Waals surface area contributed by atoms with E-state index in [1.54, 1.807) is 25.4 Å². The van der Waals surface area contributed by atoms with Crippen LogP contribution in [0.2, 0.25) is 0 Å². The summed E-state index contributed by atoms with van der Waals surface area (Å²) in [6.07, 6.45) is 0.536. The minimum Gasteiger partial charge on any atom is -0.492 e. The number of carbonyl (C=O) groups excluding carboxylic acids is 1. The van der Waals surface area contributed by atoms with E-state index in [2.05, 4.69) is 30.8 Å². The van der Waals surface area contributed by atoms with Crippen LogP contribution in [0, 0.1) is 0 Å². The number of rotatable bonds is 9. The average Bonchev–Trinajstić information content (AvgIpc) is 3.30. The number of hydrogen-bond acceptors (Lipinski definition) is 7. The normalized spacial score (nSPS) is 15.9. The van der Waals surface area contributed by atoms with Gasteiger partial charge in [0.25, 0.3) is 5.91 Å². The van der Waals surface area contributed by atoms with Crippen molar-refractivity contribution in [2.75, 3.05) is 43.2 Å². The Kier molecular flexibility index (Phi) is 8.12. The number of likely N-dealkylation sites (N-methyl/N-ethyl adjacent to an activating group) is 1. The predicted octanol–water partition coefficient (Wildman–Crippen LogP) is 4.87. The van der Waals surface area contributed by atoms with Gasteiger partial charge in [-0.15, -0.1) is 0 Å². The molecule has 0 unspecified atom stereocenters. The minimum atomic E-state index is -4.60. The summed E-state index contributed by atoms with van der Waals surface area (Å²) in [4.78, 5) is 23.6. The number of amides is 1. The highest BCUT2D eigenvalue weighted by molar-refractivity contribution is 6.07. The van der Waals surface area contributed by atoms with Crippen molar-refractivity contribution in [1.82, 2.24) is 14.9 Å². The Hall–Kier alpha value is -3.86. The maximum absolute atomic E-state index is 13.6. The third-order valence-corrected chi connectivity index (χ3v) is 6.20. The van der Waals surface area contributed by atoms with Gasteiger partial charge < -0.3 is 25.6 Å². The highest BCUT2D eigenvalue weighted by Gasteiger charge is 2.32. The van der Waals surface area contributed by atoms with E-state index in [1.807, 2.05) is 19.2 Å². The number of ether oxygens (including phenoxy) is 1. The Labute approximate surface area is 213 Å². The average molecular weight is 515 g/mol. The maximum Gasteiger partial charge on any atom is 0.416 e. The van der Waals surface area contributed by atoms with Crippen molar-refractivity contribution in [3.8, 4) is 5.75 Å². The number of nitrogens with zero attached hydrogens (tertiary/aromatic N) is 3. The summed E-state index contributed by atoms with van der Waals surface area (Å²) in [6.45, 7) is 1.56. The molecule has 2 aromatic heterocycles. The fraction of sp³-hybridized carbons (Fsp3) is 0.346. The summed E-state index contributed by atoms with van der Waals surface area (Å²) < 4.78 is 46.5. The van der Waals surface area contributed by atoms with Gasteiger partial charge in [0.05, 0.1) is 11.1 Å². The van der Waals surface area contributed by atoms with Crippen LogP contribution in [0.4, 0.5) is 30.5 Å². The summed E-state index contributed by atoms with van der Waals surface area (Å²) in [7, 11) is 3.73. The third-order valence-electron chi connectivity index (χ3n) is 6.20. The number of halogens is 3. The van der Waals surface area contributed by atoms with Crippen LogP contribution in [-0.4, -0.2) is 54.1 Å². The number of benzene rings is 1. The van der Waals surface area contributed by atoms with Crippen LogP contribution in [-0.2, 0) is 12.7 Å². The molecule has 0 bridgehead atoms. The van der Waals surface area contributed by atoms with Gasteiger partial charge in [-0.3, -0.25) is 4.79 Å². The second kappa shape index (κ2) is 11.5. The number of carbonyl (C=O) groups is 1. The van der Waals surface area contributed by atoms with Crippen LogP contribution < -0.4 is 20.7 Å². The van der Waals surface area contributed by atoms with E-state index in [-0.39, 0.29) is 29.6 Å². The van der Waals surface area contributed by atoms with E-state index in [1.165, 1.54) is 12.3 Å².